The summed E-state index contributed by atoms with van der Waals surface area (Å²) in [4.78, 5) is 26.3. The first-order valence-corrected chi connectivity index (χ1v) is 10.7. The zero-order valence-corrected chi connectivity index (χ0v) is 17.9. The van der Waals surface area contributed by atoms with Gasteiger partial charge < -0.3 is 21.5 Å². The molecule has 3 aromatic rings. The fourth-order valence-electron chi connectivity index (χ4n) is 3.56. The minimum Gasteiger partial charge on any atom is -0.508 e. The van der Waals surface area contributed by atoms with E-state index in [0.29, 0.717) is 25.9 Å². The molecule has 0 saturated carbocycles. The SMILES string of the molecule is NCCC[C@H](NC(=O)C(c1ccccc1)c1ccccc1)C(=O)NCc1ccc(O)cc1. The number of carbonyl (C=O) groups is 2. The summed E-state index contributed by atoms with van der Waals surface area (Å²) in [7, 11) is 0. The van der Waals surface area contributed by atoms with Crippen molar-refractivity contribution in [1.82, 2.24) is 10.6 Å². The highest BCUT2D eigenvalue weighted by Crippen LogP contribution is 2.25. The highest BCUT2D eigenvalue weighted by Gasteiger charge is 2.27. The molecule has 5 N–H and O–H groups in total. The number of nitrogens with two attached hydrogens (primary N) is 1. The summed E-state index contributed by atoms with van der Waals surface area (Å²) >= 11 is 0. The topological polar surface area (TPSA) is 104 Å². The maximum atomic E-state index is 13.4. The Kier molecular flexibility index (Phi) is 8.40. The lowest BCUT2D eigenvalue weighted by Gasteiger charge is -2.23. The van der Waals surface area contributed by atoms with E-state index in [2.05, 4.69) is 10.6 Å². The van der Waals surface area contributed by atoms with Crippen LogP contribution < -0.4 is 16.4 Å². The van der Waals surface area contributed by atoms with Crippen molar-refractivity contribution in [2.24, 2.45) is 5.73 Å². The van der Waals surface area contributed by atoms with Gasteiger partial charge in [-0.05, 0) is 48.2 Å². The summed E-state index contributed by atoms with van der Waals surface area (Å²) in [5, 5.41) is 15.2. The zero-order chi connectivity index (χ0) is 22.8. The van der Waals surface area contributed by atoms with Gasteiger partial charge in [-0.3, -0.25) is 9.59 Å². The van der Waals surface area contributed by atoms with Crippen LogP contribution in [0.5, 0.6) is 5.75 Å². The van der Waals surface area contributed by atoms with Gasteiger partial charge in [0.1, 0.15) is 11.8 Å². The highest BCUT2D eigenvalue weighted by molar-refractivity contribution is 5.92. The predicted molar refractivity (Wildman–Crippen MR) is 125 cm³/mol. The second kappa shape index (κ2) is 11.7. The summed E-state index contributed by atoms with van der Waals surface area (Å²) < 4.78 is 0. The maximum absolute atomic E-state index is 13.4. The lowest BCUT2D eigenvalue weighted by atomic mass is 9.90. The van der Waals surface area contributed by atoms with Crippen molar-refractivity contribution in [3.8, 4) is 5.75 Å². The third-order valence-corrected chi connectivity index (χ3v) is 5.26. The number of nitrogens with one attached hydrogen (secondary N) is 2. The molecule has 0 fully saturated rings. The van der Waals surface area contributed by atoms with Crippen molar-refractivity contribution in [2.45, 2.75) is 31.3 Å². The van der Waals surface area contributed by atoms with Gasteiger partial charge in [-0.1, -0.05) is 72.8 Å². The molecule has 0 aliphatic rings. The molecule has 1 atom stereocenters. The molecule has 166 valence electrons. The van der Waals surface area contributed by atoms with Crippen LogP contribution in [0.4, 0.5) is 0 Å². The molecule has 0 aromatic heterocycles. The number of amides is 2. The third kappa shape index (κ3) is 6.43. The summed E-state index contributed by atoms with van der Waals surface area (Å²) in [6, 6.07) is 25.0. The number of phenols is 1. The van der Waals surface area contributed by atoms with Crippen molar-refractivity contribution in [3.05, 3.63) is 102 Å². The van der Waals surface area contributed by atoms with Crippen LogP contribution in [0, 0.1) is 0 Å². The van der Waals surface area contributed by atoms with Crippen LogP contribution in [0.15, 0.2) is 84.9 Å². The van der Waals surface area contributed by atoms with E-state index in [0.717, 1.165) is 16.7 Å². The Labute approximate surface area is 188 Å². The summed E-state index contributed by atoms with van der Waals surface area (Å²) in [5.74, 6) is -0.854. The first-order chi connectivity index (χ1) is 15.6. The lowest BCUT2D eigenvalue weighted by molar-refractivity contribution is -0.129. The van der Waals surface area contributed by atoms with Crippen LogP contribution in [0.1, 0.15) is 35.4 Å². The van der Waals surface area contributed by atoms with Gasteiger partial charge in [-0.2, -0.15) is 0 Å². The van der Waals surface area contributed by atoms with Gasteiger partial charge in [-0.25, -0.2) is 0 Å². The Morgan fingerprint density at radius 2 is 1.38 bits per heavy atom. The van der Waals surface area contributed by atoms with Crippen molar-refractivity contribution >= 4 is 11.8 Å². The van der Waals surface area contributed by atoms with E-state index in [1.165, 1.54) is 0 Å². The molecule has 0 bridgehead atoms. The van der Waals surface area contributed by atoms with E-state index >= 15 is 0 Å². The van der Waals surface area contributed by atoms with Gasteiger partial charge in [-0.15, -0.1) is 0 Å². The molecule has 2 amide bonds. The fraction of sp³-hybridized carbons (Fsp3) is 0.231. The summed E-state index contributed by atoms with van der Waals surface area (Å²) in [6.45, 7) is 0.729. The van der Waals surface area contributed by atoms with Gasteiger partial charge in [0.15, 0.2) is 0 Å². The van der Waals surface area contributed by atoms with E-state index in [4.69, 9.17) is 5.73 Å². The molecule has 0 aliphatic carbocycles. The van der Waals surface area contributed by atoms with Crippen LogP contribution in [-0.4, -0.2) is 29.5 Å². The second-order valence-electron chi connectivity index (χ2n) is 7.63. The number of hydrogen-bond donors (Lipinski definition) is 4. The van der Waals surface area contributed by atoms with Crippen LogP contribution in [0.3, 0.4) is 0 Å². The van der Waals surface area contributed by atoms with Crippen LogP contribution in [0.2, 0.25) is 0 Å². The van der Waals surface area contributed by atoms with Crippen LogP contribution >= 0.6 is 0 Å². The van der Waals surface area contributed by atoms with Crippen LogP contribution in [0.25, 0.3) is 0 Å². The number of carbonyl (C=O) groups excluding carboxylic acids is 2. The van der Waals surface area contributed by atoms with Gasteiger partial charge in [0.05, 0.1) is 5.92 Å². The average Bonchev–Trinajstić information content (AvgIpc) is 2.82. The molecule has 0 unspecified atom stereocenters. The number of aromatic hydroxyl groups is 1. The van der Waals surface area contributed by atoms with Crippen molar-refractivity contribution in [3.63, 3.8) is 0 Å². The van der Waals surface area contributed by atoms with Crippen molar-refractivity contribution in [2.75, 3.05) is 6.54 Å². The quantitative estimate of drug-likeness (QED) is 0.396. The Hall–Kier alpha value is -3.64. The van der Waals surface area contributed by atoms with Gasteiger partial charge >= 0.3 is 0 Å². The maximum Gasteiger partial charge on any atom is 0.242 e. The molecule has 0 radical (unpaired) electrons. The molecule has 3 aromatic carbocycles. The van der Waals surface area contributed by atoms with Crippen molar-refractivity contribution < 1.29 is 14.7 Å². The van der Waals surface area contributed by atoms with Gasteiger partial charge in [0, 0.05) is 6.54 Å². The Morgan fingerprint density at radius 3 is 1.91 bits per heavy atom. The van der Waals surface area contributed by atoms with E-state index in [9.17, 15) is 14.7 Å². The van der Waals surface area contributed by atoms with E-state index < -0.39 is 12.0 Å². The fourth-order valence-corrected chi connectivity index (χ4v) is 3.56. The molecule has 6 heteroatoms. The number of hydrogen-bond acceptors (Lipinski definition) is 4. The first kappa shape index (κ1) is 23.0. The molecular weight excluding hydrogens is 402 g/mol. The number of benzene rings is 3. The molecule has 6 nitrogen and oxygen atoms in total. The standard InChI is InChI=1S/C26H29N3O3/c27-17-7-12-23(25(31)28-18-19-13-15-22(30)16-14-19)29-26(32)24(20-8-3-1-4-9-20)21-10-5-2-6-11-21/h1-6,8-11,13-16,23-24,30H,7,12,17-18,27H2,(H,28,31)(H,29,32)/t23-/m0/s1. The minimum atomic E-state index is -0.696. The summed E-state index contributed by atoms with van der Waals surface area (Å²) in [5.41, 5.74) is 8.23. The number of rotatable bonds is 10. The lowest BCUT2D eigenvalue weighted by Crippen LogP contribution is -2.48. The largest absolute Gasteiger partial charge is 0.508 e. The Bertz CT molecular complexity index is 952. The Morgan fingerprint density at radius 1 is 0.812 bits per heavy atom. The summed E-state index contributed by atoms with van der Waals surface area (Å²) in [6.07, 6.45) is 1.05. The van der Waals surface area contributed by atoms with E-state index in [1.807, 2.05) is 60.7 Å². The molecule has 0 heterocycles. The monoisotopic (exact) mass is 431 g/mol. The zero-order valence-electron chi connectivity index (χ0n) is 17.9. The van der Waals surface area contributed by atoms with E-state index in [1.54, 1.807) is 24.3 Å². The average molecular weight is 432 g/mol. The normalized spacial score (nSPS) is 11.7. The van der Waals surface area contributed by atoms with E-state index in [-0.39, 0.29) is 17.6 Å². The van der Waals surface area contributed by atoms with Gasteiger partial charge in [0.2, 0.25) is 11.8 Å². The molecule has 0 aliphatic heterocycles. The van der Waals surface area contributed by atoms with Crippen molar-refractivity contribution in [1.29, 1.82) is 0 Å². The first-order valence-electron chi connectivity index (χ1n) is 10.7. The third-order valence-electron chi connectivity index (χ3n) is 5.26. The molecule has 0 spiro atoms. The van der Waals surface area contributed by atoms with Crippen LogP contribution in [-0.2, 0) is 16.1 Å². The second-order valence-corrected chi connectivity index (χ2v) is 7.63. The van der Waals surface area contributed by atoms with Gasteiger partial charge in [0.25, 0.3) is 0 Å². The minimum absolute atomic E-state index is 0.168. The highest BCUT2D eigenvalue weighted by atomic mass is 16.3. The Balaban J connectivity index is 1.75. The smallest absolute Gasteiger partial charge is 0.242 e. The molecular formula is C26H29N3O3. The molecule has 3 rings (SSSR count). The molecule has 0 saturated heterocycles. The predicted octanol–water partition coefficient (Wildman–Crippen LogP) is 3.06. The molecule has 32 heavy (non-hydrogen) atoms. The number of phenolic OH excluding ortho intramolecular Hbond substituents is 1.